The maximum Gasteiger partial charge on any atom is 0.504 e. The van der Waals surface area contributed by atoms with Crippen LogP contribution in [-0.2, 0) is 9.84 Å². The zero-order valence-corrected chi connectivity index (χ0v) is 12.1. The Labute approximate surface area is 136 Å². The number of halogens is 3. The number of rotatable bonds is 1. The number of hydrogen-bond donors (Lipinski definition) is 1. The predicted molar refractivity (Wildman–Crippen MR) is 47.0 cm³/mol. The van der Waals surface area contributed by atoms with Gasteiger partial charge in [-0.15, -0.1) is 0 Å². The van der Waals surface area contributed by atoms with Crippen molar-refractivity contribution in [2.45, 2.75) is 10.7 Å². The number of nitrogens with one attached hydrogen (secondary N) is 1. The zero-order valence-electron chi connectivity index (χ0n) is 8.20. The smallest absolute Gasteiger partial charge is 0.319 e. The normalized spacial score (nSPS) is 11.1. The van der Waals surface area contributed by atoms with E-state index in [0.29, 0.717) is 0 Å². The Morgan fingerprint density at radius 2 is 1.76 bits per heavy atom. The minimum atomic E-state index is -5.67. The van der Waals surface area contributed by atoms with Gasteiger partial charge >= 0.3 is 15.3 Å². The van der Waals surface area contributed by atoms with E-state index in [-0.39, 0.29) is 51.4 Å². The first-order valence-electron chi connectivity index (χ1n) is 3.45. The number of nitriles is 2. The Balaban J connectivity index is 0.00000256. The minimum Gasteiger partial charge on any atom is -0.319 e. The molecule has 0 unspecified atom stereocenters. The second-order valence-electron chi connectivity index (χ2n) is 2.44. The van der Waals surface area contributed by atoms with Crippen LogP contribution in [0, 0.1) is 22.7 Å². The summed E-state index contributed by atoms with van der Waals surface area (Å²) in [5, 5.41) is 15.3. The summed E-state index contributed by atoms with van der Waals surface area (Å²) in [5.74, 6) is 0. The van der Waals surface area contributed by atoms with Crippen LogP contribution < -0.4 is 0 Å². The predicted octanol–water partition coefficient (Wildman–Crippen LogP) is 0.0658. The molecule has 0 fully saturated rings. The average molecular weight is 289 g/mol. The summed E-state index contributed by atoms with van der Waals surface area (Å²) >= 11 is 0. The summed E-state index contributed by atoms with van der Waals surface area (Å²) in [7, 11) is -5.67. The number of nitrogens with zero attached hydrogens (tertiary/aromatic N) is 3. The van der Waals surface area contributed by atoms with Crippen molar-refractivity contribution in [3.8, 4) is 12.1 Å². The molecule has 1 heterocycles. The summed E-state index contributed by atoms with van der Waals surface area (Å²) < 4.78 is 57.8. The topological polar surface area (TPSA) is 110 Å². The van der Waals surface area contributed by atoms with Crippen LogP contribution in [0.1, 0.15) is 11.4 Å². The fraction of sp³-hybridized carbons (Fsp3) is 0.167. The van der Waals surface area contributed by atoms with E-state index in [9.17, 15) is 21.6 Å². The van der Waals surface area contributed by atoms with E-state index < -0.39 is 31.9 Å². The Kier molecular flexibility index (Phi) is 5.33. The molecule has 11 heteroatoms. The van der Waals surface area contributed by atoms with Crippen LogP contribution in [0.25, 0.3) is 0 Å². The number of aromatic amines is 1. The van der Waals surface area contributed by atoms with Gasteiger partial charge < -0.3 is 4.98 Å². The third-order valence-electron chi connectivity index (χ3n) is 1.46. The molecule has 0 amide bonds. The van der Waals surface area contributed by atoms with E-state index in [4.69, 9.17) is 10.5 Å². The van der Waals surface area contributed by atoms with Crippen molar-refractivity contribution in [2.24, 2.45) is 0 Å². The van der Waals surface area contributed by atoms with Crippen molar-refractivity contribution >= 4 is 61.2 Å². The van der Waals surface area contributed by atoms with E-state index in [1.165, 1.54) is 12.1 Å². The van der Waals surface area contributed by atoms with Gasteiger partial charge in [-0.25, -0.2) is 13.4 Å². The molecule has 0 saturated carbocycles. The van der Waals surface area contributed by atoms with Crippen LogP contribution in [0.3, 0.4) is 0 Å². The van der Waals surface area contributed by atoms with Crippen LogP contribution in [0.4, 0.5) is 13.2 Å². The van der Waals surface area contributed by atoms with Crippen LogP contribution in [0.5, 0.6) is 0 Å². The number of aromatic nitrogens is 2. The molecule has 0 aromatic carbocycles. The zero-order chi connectivity index (χ0) is 12.6. The molecular weight excluding hydrogens is 288 g/mol. The maximum absolute atomic E-state index is 12.1. The van der Waals surface area contributed by atoms with Crippen LogP contribution in [0.15, 0.2) is 5.16 Å². The van der Waals surface area contributed by atoms with Crippen LogP contribution in [-0.4, -0.2) is 75.3 Å². The number of imidazole rings is 1. The fourth-order valence-electron chi connectivity index (χ4n) is 0.750. The molecule has 0 aliphatic rings. The molecule has 85 valence electrons. The third-order valence-corrected chi connectivity index (χ3v) is 2.77. The maximum atomic E-state index is 12.1. The van der Waals surface area contributed by atoms with Gasteiger partial charge in [-0.2, -0.15) is 23.7 Å². The van der Waals surface area contributed by atoms with Gasteiger partial charge in [0.1, 0.15) is 12.1 Å². The average Bonchev–Trinajstić information content (AvgIpc) is 2.59. The van der Waals surface area contributed by atoms with E-state index in [1.54, 1.807) is 4.98 Å². The van der Waals surface area contributed by atoms with E-state index in [0.717, 1.165) is 0 Å². The largest absolute Gasteiger partial charge is 0.504 e. The van der Waals surface area contributed by atoms with E-state index in [2.05, 4.69) is 4.98 Å². The van der Waals surface area contributed by atoms with Crippen molar-refractivity contribution < 1.29 is 21.6 Å². The first kappa shape index (κ1) is 16.6. The van der Waals surface area contributed by atoms with Crippen molar-refractivity contribution in [1.82, 2.24) is 9.97 Å². The molecule has 0 spiro atoms. The second-order valence-corrected chi connectivity index (χ2v) is 4.29. The van der Waals surface area contributed by atoms with Crippen molar-refractivity contribution in [3.63, 3.8) is 0 Å². The van der Waals surface area contributed by atoms with Gasteiger partial charge in [0.05, 0.1) is 0 Å². The monoisotopic (exact) mass is 289 g/mol. The number of alkyl halides is 3. The quantitative estimate of drug-likeness (QED) is 0.735. The standard InChI is InChI=1S/C6HF3N4O2S.K/c7-6(8,9)16(14,15)5-12-3(1-10)4(2-11)13-5;/h(H,12,13);. The van der Waals surface area contributed by atoms with Crippen molar-refractivity contribution in [1.29, 1.82) is 10.5 Å². The molecule has 6 nitrogen and oxygen atoms in total. The van der Waals surface area contributed by atoms with Gasteiger partial charge in [-0.3, -0.25) is 0 Å². The van der Waals surface area contributed by atoms with Crippen molar-refractivity contribution in [3.05, 3.63) is 11.4 Å². The third kappa shape index (κ3) is 3.07. The van der Waals surface area contributed by atoms with E-state index in [1.807, 2.05) is 0 Å². The molecule has 1 N–H and O–H groups in total. The molecular formula is C6HF3KN4O2S. The van der Waals surface area contributed by atoms with Gasteiger partial charge in [0, 0.05) is 51.4 Å². The first-order chi connectivity index (χ1) is 7.24. The molecule has 1 rings (SSSR count). The summed E-state index contributed by atoms with van der Waals surface area (Å²) in [6.45, 7) is 0. The minimum absolute atomic E-state index is 0. The Morgan fingerprint density at radius 1 is 1.24 bits per heavy atom. The fourth-order valence-corrected chi connectivity index (χ4v) is 1.42. The van der Waals surface area contributed by atoms with Gasteiger partial charge in [-0.05, 0) is 0 Å². The molecule has 17 heavy (non-hydrogen) atoms. The number of sulfone groups is 1. The first-order valence-corrected chi connectivity index (χ1v) is 4.94. The molecule has 0 bridgehead atoms. The molecule has 1 aromatic heterocycles. The van der Waals surface area contributed by atoms with Gasteiger partial charge in [-0.1, -0.05) is 0 Å². The molecule has 0 aliphatic heterocycles. The SMILES string of the molecule is N#Cc1nc(S(=O)(=O)C(F)(F)F)[nH]c1C#N.[K]. The van der Waals surface area contributed by atoms with Gasteiger partial charge in [0.2, 0.25) is 5.16 Å². The van der Waals surface area contributed by atoms with Crippen molar-refractivity contribution in [2.75, 3.05) is 0 Å². The summed E-state index contributed by atoms with van der Waals surface area (Å²) in [5.41, 5.74) is -6.87. The Morgan fingerprint density at radius 3 is 2.06 bits per heavy atom. The molecule has 0 saturated heterocycles. The Bertz CT molecular complexity index is 575. The number of H-pyrrole nitrogens is 1. The van der Waals surface area contributed by atoms with E-state index >= 15 is 0 Å². The Hall–Kier alpha value is -0.434. The summed E-state index contributed by atoms with van der Waals surface area (Å²) in [6.07, 6.45) is 0. The number of hydrogen-bond acceptors (Lipinski definition) is 5. The van der Waals surface area contributed by atoms with Crippen LogP contribution >= 0.6 is 0 Å². The molecule has 1 radical (unpaired) electrons. The molecule has 1 aromatic rings. The summed E-state index contributed by atoms with van der Waals surface area (Å²) in [6, 6.07) is 2.61. The molecule has 0 atom stereocenters. The summed E-state index contributed by atoms with van der Waals surface area (Å²) in [4.78, 5) is 4.52. The van der Waals surface area contributed by atoms with Gasteiger partial charge in [0.15, 0.2) is 11.4 Å². The molecule has 0 aliphatic carbocycles. The van der Waals surface area contributed by atoms with Gasteiger partial charge in [0.25, 0.3) is 0 Å². The second kappa shape index (κ2) is 5.47. The van der Waals surface area contributed by atoms with Crippen LogP contribution in [0.2, 0.25) is 0 Å².